The molecule has 0 amide bonds. The SMILES string of the molecule is NN(CC(F)(F)F)C(=S)Nc1ccccc1. The minimum atomic E-state index is -4.38. The second-order valence-electron chi connectivity index (χ2n) is 3.04. The molecule has 0 spiro atoms. The third-order valence-corrected chi connectivity index (χ3v) is 1.97. The minimum Gasteiger partial charge on any atom is -0.332 e. The zero-order valence-corrected chi connectivity index (χ0v) is 8.98. The standard InChI is InChI=1S/C9H10F3N3S/c10-9(11,12)6-15(13)8(16)14-7-4-2-1-3-5-7/h1-5H,6,13H2,(H,14,16). The van der Waals surface area contributed by atoms with E-state index in [1.165, 1.54) is 0 Å². The second kappa shape index (κ2) is 5.13. The number of benzene rings is 1. The van der Waals surface area contributed by atoms with Gasteiger partial charge in [-0.2, -0.15) is 13.2 Å². The lowest BCUT2D eigenvalue weighted by Gasteiger charge is -2.21. The first-order chi connectivity index (χ1) is 7.38. The maximum atomic E-state index is 12.0. The van der Waals surface area contributed by atoms with Gasteiger partial charge in [-0.3, -0.25) is 5.01 Å². The van der Waals surface area contributed by atoms with Gasteiger partial charge < -0.3 is 5.32 Å². The quantitative estimate of drug-likeness (QED) is 0.478. The molecule has 3 nitrogen and oxygen atoms in total. The topological polar surface area (TPSA) is 41.3 Å². The average Bonchev–Trinajstić information content (AvgIpc) is 2.16. The fourth-order valence-corrected chi connectivity index (χ4v) is 1.16. The summed E-state index contributed by atoms with van der Waals surface area (Å²) < 4.78 is 36.0. The summed E-state index contributed by atoms with van der Waals surface area (Å²) in [6.07, 6.45) is -4.38. The smallest absolute Gasteiger partial charge is 0.332 e. The number of nitrogens with one attached hydrogen (secondary N) is 1. The summed E-state index contributed by atoms with van der Waals surface area (Å²) in [6, 6.07) is 8.59. The molecular formula is C9H10F3N3S. The number of para-hydroxylation sites is 1. The van der Waals surface area contributed by atoms with E-state index >= 15 is 0 Å². The summed E-state index contributed by atoms with van der Waals surface area (Å²) in [7, 11) is 0. The molecule has 16 heavy (non-hydrogen) atoms. The van der Waals surface area contributed by atoms with E-state index in [1.54, 1.807) is 30.3 Å². The molecule has 1 aromatic rings. The number of hydrazine groups is 1. The molecule has 0 atom stereocenters. The Bertz CT molecular complexity index is 353. The number of nitrogens with zero attached hydrogens (tertiary/aromatic N) is 1. The van der Waals surface area contributed by atoms with Crippen LogP contribution in [0.3, 0.4) is 0 Å². The van der Waals surface area contributed by atoms with Crippen molar-refractivity contribution in [3.8, 4) is 0 Å². The van der Waals surface area contributed by atoms with Crippen molar-refractivity contribution in [2.75, 3.05) is 11.9 Å². The Morgan fingerprint density at radius 1 is 1.31 bits per heavy atom. The number of anilines is 1. The Hall–Kier alpha value is -1.34. The maximum absolute atomic E-state index is 12.0. The highest BCUT2D eigenvalue weighted by Gasteiger charge is 2.30. The highest BCUT2D eigenvalue weighted by molar-refractivity contribution is 7.80. The zero-order valence-electron chi connectivity index (χ0n) is 8.16. The van der Waals surface area contributed by atoms with E-state index in [4.69, 9.17) is 18.1 Å². The van der Waals surface area contributed by atoms with Gasteiger partial charge in [0, 0.05) is 5.69 Å². The predicted molar refractivity (Wildman–Crippen MR) is 59.6 cm³/mol. The van der Waals surface area contributed by atoms with Crippen LogP contribution in [-0.4, -0.2) is 22.8 Å². The zero-order chi connectivity index (χ0) is 12.2. The average molecular weight is 249 g/mol. The normalized spacial score (nSPS) is 11.0. The lowest BCUT2D eigenvalue weighted by molar-refractivity contribution is -0.137. The Labute approximate surface area is 96.0 Å². The number of hydrogen-bond acceptors (Lipinski definition) is 2. The van der Waals surface area contributed by atoms with E-state index in [2.05, 4.69) is 5.32 Å². The third kappa shape index (κ3) is 4.45. The van der Waals surface area contributed by atoms with Crippen LogP contribution >= 0.6 is 12.2 Å². The van der Waals surface area contributed by atoms with E-state index in [9.17, 15) is 13.2 Å². The number of hydrogen-bond donors (Lipinski definition) is 2. The second-order valence-corrected chi connectivity index (χ2v) is 3.43. The van der Waals surface area contributed by atoms with Crippen molar-refractivity contribution in [3.05, 3.63) is 30.3 Å². The molecule has 0 fully saturated rings. The van der Waals surface area contributed by atoms with Crippen molar-refractivity contribution in [1.82, 2.24) is 5.01 Å². The molecule has 88 valence electrons. The number of nitrogens with two attached hydrogens (primary N) is 1. The van der Waals surface area contributed by atoms with Crippen LogP contribution in [0.1, 0.15) is 0 Å². The maximum Gasteiger partial charge on any atom is 0.407 e. The van der Waals surface area contributed by atoms with E-state index in [1.807, 2.05) is 0 Å². The molecule has 0 radical (unpaired) electrons. The van der Waals surface area contributed by atoms with Gasteiger partial charge in [0.25, 0.3) is 0 Å². The molecule has 0 saturated carbocycles. The highest BCUT2D eigenvalue weighted by Crippen LogP contribution is 2.15. The van der Waals surface area contributed by atoms with Crippen molar-refractivity contribution < 1.29 is 13.2 Å². The van der Waals surface area contributed by atoms with Gasteiger partial charge in [0.05, 0.1) is 0 Å². The van der Waals surface area contributed by atoms with Gasteiger partial charge in [0.1, 0.15) is 6.54 Å². The van der Waals surface area contributed by atoms with Crippen LogP contribution in [0.2, 0.25) is 0 Å². The van der Waals surface area contributed by atoms with Gasteiger partial charge in [-0.25, -0.2) is 5.84 Å². The molecule has 1 rings (SSSR count). The van der Waals surface area contributed by atoms with Crippen LogP contribution in [0.4, 0.5) is 18.9 Å². The lowest BCUT2D eigenvalue weighted by atomic mass is 10.3. The molecule has 0 aliphatic rings. The molecule has 0 heterocycles. The van der Waals surface area contributed by atoms with Gasteiger partial charge >= 0.3 is 6.18 Å². The van der Waals surface area contributed by atoms with Crippen molar-refractivity contribution in [3.63, 3.8) is 0 Å². The Morgan fingerprint density at radius 3 is 2.38 bits per heavy atom. The fraction of sp³-hybridized carbons (Fsp3) is 0.222. The number of rotatable bonds is 2. The summed E-state index contributed by atoms with van der Waals surface area (Å²) in [5, 5.41) is 2.87. The molecule has 0 aliphatic carbocycles. The summed E-state index contributed by atoms with van der Waals surface area (Å²) in [5.74, 6) is 5.16. The molecule has 0 unspecified atom stereocenters. The van der Waals surface area contributed by atoms with Crippen molar-refractivity contribution in [2.45, 2.75) is 6.18 Å². The largest absolute Gasteiger partial charge is 0.407 e. The van der Waals surface area contributed by atoms with Crippen molar-refractivity contribution >= 4 is 23.0 Å². The molecule has 0 aromatic heterocycles. The van der Waals surface area contributed by atoms with Gasteiger partial charge in [0.2, 0.25) is 0 Å². The van der Waals surface area contributed by atoms with Crippen molar-refractivity contribution in [1.29, 1.82) is 0 Å². The van der Waals surface area contributed by atoms with Crippen LogP contribution in [-0.2, 0) is 0 Å². The van der Waals surface area contributed by atoms with E-state index in [0.717, 1.165) is 0 Å². The van der Waals surface area contributed by atoms with Gasteiger partial charge in [-0.1, -0.05) is 18.2 Å². The summed E-state index contributed by atoms with van der Waals surface area (Å²) in [4.78, 5) is 0. The van der Waals surface area contributed by atoms with Crippen molar-refractivity contribution in [2.24, 2.45) is 5.84 Å². The van der Waals surface area contributed by atoms with Crippen LogP contribution < -0.4 is 11.2 Å². The predicted octanol–water partition coefficient (Wildman–Crippen LogP) is 2.12. The summed E-state index contributed by atoms with van der Waals surface area (Å²) in [5.41, 5.74) is 0.588. The highest BCUT2D eigenvalue weighted by atomic mass is 32.1. The number of alkyl halides is 3. The summed E-state index contributed by atoms with van der Waals surface area (Å²) in [6.45, 7) is -1.29. The first-order valence-corrected chi connectivity index (χ1v) is 4.74. The van der Waals surface area contributed by atoms with Gasteiger partial charge in [-0.15, -0.1) is 0 Å². The van der Waals surface area contributed by atoms with Crippen LogP contribution in [0.25, 0.3) is 0 Å². The van der Waals surface area contributed by atoms with Crippen LogP contribution in [0.15, 0.2) is 30.3 Å². The van der Waals surface area contributed by atoms with Gasteiger partial charge in [-0.05, 0) is 24.4 Å². The molecule has 1 aromatic carbocycles. The first kappa shape index (κ1) is 12.7. The lowest BCUT2D eigenvalue weighted by Crippen LogP contribution is -2.45. The van der Waals surface area contributed by atoms with Crippen LogP contribution in [0, 0.1) is 0 Å². The van der Waals surface area contributed by atoms with E-state index in [0.29, 0.717) is 10.7 Å². The van der Waals surface area contributed by atoms with Gasteiger partial charge in [0.15, 0.2) is 5.11 Å². The van der Waals surface area contributed by atoms with E-state index < -0.39 is 12.7 Å². The molecule has 3 N–H and O–H groups in total. The summed E-state index contributed by atoms with van der Waals surface area (Å²) >= 11 is 4.72. The van der Waals surface area contributed by atoms with Crippen LogP contribution in [0.5, 0.6) is 0 Å². The number of halogens is 3. The molecule has 0 aliphatic heterocycles. The Balaban J connectivity index is 2.53. The Morgan fingerprint density at radius 2 is 1.88 bits per heavy atom. The monoisotopic (exact) mass is 249 g/mol. The molecule has 7 heteroatoms. The molecule has 0 saturated heterocycles. The Kier molecular flexibility index (Phi) is 4.08. The number of thiocarbonyl (C=S) groups is 1. The third-order valence-electron chi connectivity index (χ3n) is 1.64. The molecular weight excluding hydrogens is 239 g/mol. The first-order valence-electron chi connectivity index (χ1n) is 4.33. The van der Waals surface area contributed by atoms with E-state index in [-0.39, 0.29) is 5.11 Å². The molecule has 0 bridgehead atoms. The fourth-order valence-electron chi connectivity index (χ4n) is 0.982. The minimum absolute atomic E-state index is 0.177.